The quantitative estimate of drug-likeness (QED) is 0.872. The molecule has 2 rings (SSSR count). The van der Waals surface area contributed by atoms with Gasteiger partial charge in [-0.3, -0.25) is 4.79 Å². The second-order valence-electron chi connectivity index (χ2n) is 4.27. The Morgan fingerprint density at radius 3 is 2.42 bits per heavy atom. The number of benzene rings is 2. The van der Waals surface area contributed by atoms with E-state index in [0.29, 0.717) is 5.56 Å². The molecular formula is C14H13NO3S. The van der Waals surface area contributed by atoms with Crippen molar-refractivity contribution < 1.29 is 13.2 Å². The molecule has 0 radical (unpaired) electrons. The molecule has 0 aliphatic heterocycles. The minimum atomic E-state index is -3.69. The van der Waals surface area contributed by atoms with Crippen LogP contribution < -0.4 is 5.14 Å². The highest BCUT2D eigenvalue weighted by molar-refractivity contribution is 7.89. The van der Waals surface area contributed by atoms with Gasteiger partial charge in [0.2, 0.25) is 10.0 Å². The van der Waals surface area contributed by atoms with Crippen molar-refractivity contribution in [2.75, 3.05) is 0 Å². The van der Waals surface area contributed by atoms with Crippen LogP contribution in [-0.2, 0) is 10.0 Å². The lowest BCUT2D eigenvalue weighted by molar-refractivity contribution is 0.112. The summed E-state index contributed by atoms with van der Waals surface area (Å²) < 4.78 is 22.5. The maximum Gasteiger partial charge on any atom is 0.238 e. The monoisotopic (exact) mass is 275 g/mol. The second-order valence-corrected chi connectivity index (χ2v) is 5.83. The second kappa shape index (κ2) is 4.95. The fourth-order valence-corrected chi connectivity index (χ4v) is 2.52. The van der Waals surface area contributed by atoms with Crippen LogP contribution in [0.3, 0.4) is 0 Å². The third-order valence-electron chi connectivity index (χ3n) is 2.86. The fourth-order valence-electron chi connectivity index (χ4n) is 1.92. The molecule has 0 fully saturated rings. The summed E-state index contributed by atoms with van der Waals surface area (Å²) in [5, 5.41) is 5.09. The van der Waals surface area contributed by atoms with Gasteiger partial charge in [0, 0.05) is 5.56 Å². The first-order valence-electron chi connectivity index (χ1n) is 5.61. The van der Waals surface area contributed by atoms with Gasteiger partial charge < -0.3 is 0 Å². The van der Waals surface area contributed by atoms with Gasteiger partial charge in [0.1, 0.15) is 6.29 Å². The minimum Gasteiger partial charge on any atom is -0.298 e. The first-order chi connectivity index (χ1) is 8.91. The van der Waals surface area contributed by atoms with E-state index in [9.17, 15) is 13.2 Å². The molecule has 4 nitrogen and oxygen atoms in total. The average molecular weight is 275 g/mol. The number of primary sulfonamides is 1. The molecule has 0 aliphatic rings. The van der Waals surface area contributed by atoms with Crippen molar-refractivity contribution >= 4 is 16.3 Å². The van der Waals surface area contributed by atoms with Gasteiger partial charge in [-0.2, -0.15) is 0 Å². The van der Waals surface area contributed by atoms with E-state index >= 15 is 0 Å². The van der Waals surface area contributed by atoms with Crippen LogP contribution in [0.4, 0.5) is 0 Å². The van der Waals surface area contributed by atoms with Crippen molar-refractivity contribution in [2.24, 2.45) is 5.14 Å². The zero-order valence-corrected chi connectivity index (χ0v) is 11.1. The van der Waals surface area contributed by atoms with Gasteiger partial charge in [0.15, 0.2) is 0 Å². The topological polar surface area (TPSA) is 77.2 Å². The summed E-state index contributed by atoms with van der Waals surface area (Å²) in [7, 11) is -3.69. The highest BCUT2D eigenvalue weighted by Gasteiger charge is 2.10. The molecule has 0 saturated heterocycles. The molecule has 2 aromatic rings. The largest absolute Gasteiger partial charge is 0.298 e. The van der Waals surface area contributed by atoms with Gasteiger partial charge in [-0.25, -0.2) is 13.6 Å². The lowest BCUT2D eigenvalue weighted by Gasteiger charge is -2.08. The van der Waals surface area contributed by atoms with E-state index in [2.05, 4.69) is 0 Å². The van der Waals surface area contributed by atoms with Crippen molar-refractivity contribution in [3.05, 3.63) is 53.6 Å². The molecule has 0 aliphatic carbocycles. The minimum absolute atomic E-state index is 0.0836. The van der Waals surface area contributed by atoms with Crippen molar-refractivity contribution in [3.8, 4) is 11.1 Å². The molecule has 19 heavy (non-hydrogen) atoms. The van der Waals surface area contributed by atoms with Crippen molar-refractivity contribution in [2.45, 2.75) is 11.8 Å². The van der Waals surface area contributed by atoms with Crippen LogP contribution >= 0.6 is 0 Å². The predicted octanol–water partition coefficient (Wildman–Crippen LogP) is 2.12. The number of nitrogens with two attached hydrogens (primary N) is 1. The highest BCUT2D eigenvalue weighted by Crippen LogP contribution is 2.25. The Hall–Kier alpha value is -1.98. The summed E-state index contributed by atoms with van der Waals surface area (Å²) in [5.41, 5.74) is 3.10. The maximum absolute atomic E-state index is 11.3. The van der Waals surface area contributed by atoms with E-state index in [4.69, 9.17) is 5.14 Å². The molecule has 0 aromatic heterocycles. The zero-order chi connectivity index (χ0) is 14.0. The number of sulfonamides is 1. The average Bonchev–Trinajstić information content (AvgIpc) is 2.37. The Labute approximate surface area is 111 Å². The molecule has 0 unspecified atom stereocenters. The normalized spacial score (nSPS) is 11.3. The third kappa shape index (κ3) is 2.89. The van der Waals surface area contributed by atoms with Gasteiger partial charge in [-0.15, -0.1) is 0 Å². The maximum atomic E-state index is 11.3. The Bertz CT molecular complexity index is 736. The smallest absolute Gasteiger partial charge is 0.238 e. The summed E-state index contributed by atoms with van der Waals surface area (Å²) in [6.45, 7) is 1.80. The van der Waals surface area contributed by atoms with Gasteiger partial charge in [0.05, 0.1) is 4.90 Å². The number of carbonyl (C=O) groups is 1. The SMILES string of the molecule is Cc1cc(S(N)(=O)=O)ccc1-c1cccc(C=O)c1. The summed E-state index contributed by atoms with van der Waals surface area (Å²) in [6.07, 6.45) is 0.775. The van der Waals surface area contributed by atoms with E-state index < -0.39 is 10.0 Å². The number of carbonyl (C=O) groups excluding carboxylic acids is 1. The standard InChI is InChI=1S/C14H13NO3S/c1-10-7-13(19(15,17)18)5-6-14(10)12-4-2-3-11(8-12)9-16/h2-9H,1H3,(H2,15,17,18). The van der Waals surface area contributed by atoms with Crippen molar-refractivity contribution in [1.82, 2.24) is 0 Å². The highest BCUT2D eigenvalue weighted by atomic mass is 32.2. The van der Waals surface area contributed by atoms with Crippen LogP contribution in [0.2, 0.25) is 0 Å². The Balaban J connectivity index is 2.55. The van der Waals surface area contributed by atoms with E-state index in [-0.39, 0.29) is 4.90 Å². The predicted molar refractivity (Wildman–Crippen MR) is 73.4 cm³/mol. The molecule has 0 atom stereocenters. The molecule has 2 N–H and O–H groups in total. The number of hydrogen-bond acceptors (Lipinski definition) is 3. The van der Waals surface area contributed by atoms with Crippen LogP contribution in [0.1, 0.15) is 15.9 Å². The van der Waals surface area contributed by atoms with E-state index in [1.165, 1.54) is 12.1 Å². The summed E-state index contributed by atoms with van der Waals surface area (Å²) in [5.74, 6) is 0. The first-order valence-corrected chi connectivity index (χ1v) is 7.15. The van der Waals surface area contributed by atoms with Crippen LogP contribution in [0.15, 0.2) is 47.4 Å². The Morgan fingerprint density at radius 1 is 1.11 bits per heavy atom. The Kier molecular flexibility index (Phi) is 3.50. The number of rotatable bonds is 3. The van der Waals surface area contributed by atoms with E-state index in [0.717, 1.165) is 23.0 Å². The molecule has 98 valence electrons. The number of hydrogen-bond donors (Lipinski definition) is 1. The van der Waals surface area contributed by atoms with Gasteiger partial charge in [0.25, 0.3) is 0 Å². The van der Waals surface area contributed by atoms with E-state index in [1.807, 2.05) is 6.07 Å². The van der Waals surface area contributed by atoms with Crippen LogP contribution in [-0.4, -0.2) is 14.7 Å². The zero-order valence-electron chi connectivity index (χ0n) is 10.3. The van der Waals surface area contributed by atoms with Gasteiger partial charge >= 0.3 is 0 Å². The molecule has 0 saturated carbocycles. The van der Waals surface area contributed by atoms with Gasteiger partial charge in [-0.05, 0) is 41.8 Å². The molecule has 5 heteroatoms. The molecule has 0 bridgehead atoms. The van der Waals surface area contributed by atoms with Crippen molar-refractivity contribution in [3.63, 3.8) is 0 Å². The summed E-state index contributed by atoms with van der Waals surface area (Å²) >= 11 is 0. The number of aldehydes is 1. The Morgan fingerprint density at radius 2 is 1.84 bits per heavy atom. The number of aryl methyl sites for hydroxylation is 1. The first kappa shape index (κ1) is 13.5. The van der Waals surface area contributed by atoms with Crippen LogP contribution in [0.25, 0.3) is 11.1 Å². The molecule has 0 spiro atoms. The molecule has 0 heterocycles. The van der Waals surface area contributed by atoms with Crippen molar-refractivity contribution in [1.29, 1.82) is 0 Å². The summed E-state index contributed by atoms with van der Waals surface area (Å²) in [6, 6.07) is 11.8. The third-order valence-corrected chi connectivity index (χ3v) is 3.77. The summed E-state index contributed by atoms with van der Waals surface area (Å²) in [4.78, 5) is 10.8. The molecule has 2 aromatic carbocycles. The van der Waals surface area contributed by atoms with Gasteiger partial charge in [-0.1, -0.05) is 24.3 Å². The molecule has 0 amide bonds. The van der Waals surface area contributed by atoms with Crippen LogP contribution in [0.5, 0.6) is 0 Å². The van der Waals surface area contributed by atoms with E-state index in [1.54, 1.807) is 31.2 Å². The van der Waals surface area contributed by atoms with Crippen LogP contribution in [0, 0.1) is 6.92 Å². The fraction of sp³-hybridized carbons (Fsp3) is 0.0714. The lowest BCUT2D eigenvalue weighted by atomic mass is 9.99. The lowest BCUT2D eigenvalue weighted by Crippen LogP contribution is -2.12. The molecular weight excluding hydrogens is 262 g/mol.